The third-order valence-corrected chi connectivity index (χ3v) is 2.68. The highest BCUT2D eigenvalue weighted by Gasteiger charge is 2.33. The highest BCUT2D eigenvalue weighted by Crippen LogP contribution is 2.14. The van der Waals surface area contributed by atoms with Gasteiger partial charge in [-0.15, -0.1) is 0 Å². The lowest BCUT2D eigenvalue weighted by Crippen LogP contribution is -2.48. The van der Waals surface area contributed by atoms with E-state index in [1.807, 2.05) is 13.8 Å². The molecule has 0 spiro atoms. The van der Waals surface area contributed by atoms with Crippen molar-refractivity contribution in [3.63, 3.8) is 0 Å². The zero-order chi connectivity index (χ0) is 13.7. The summed E-state index contributed by atoms with van der Waals surface area (Å²) in [7, 11) is 0. The number of cyclic esters (lactones) is 1. The van der Waals surface area contributed by atoms with Crippen LogP contribution in [0, 0.1) is 5.92 Å². The first kappa shape index (κ1) is 14.5. The predicted molar refractivity (Wildman–Crippen MR) is 62.5 cm³/mol. The van der Waals surface area contributed by atoms with Crippen molar-refractivity contribution >= 4 is 17.8 Å². The summed E-state index contributed by atoms with van der Waals surface area (Å²) in [5.41, 5.74) is 0. The van der Waals surface area contributed by atoms with E-state index in [0.717, 1.165) is 0 Å². The minimum Gasteiger partial charge on any atom is -0.464 e. The number of carbonyl (C=O) groups is 3. The first-order chi connectivity index (χ1) is 8.45. The van der Waals surface area contributed by atoms with E-state index >= 15 is 0 Å². The maximum Gasteiger partial charge on any atom is 0.328 e. The van der Waals surface area contributed by atoms with Crippen molar-refractivity contribution in [2.24, 2.45) is 5.92 Å². The van der Waals surface area contributed by atoms with Gasteiger partial charge in [0.15, 0.2) is 6.10 Å². The van der Waals surface area contributed by atoms with Crippen molar-refractivity contribution in [1.29, 1.82) is 0 Å². The Morgan fingerprint density at radius 2 is 2.17 bits per heavy atom. The van der Waals surface area contributed by atoms with Crippen LogP contribution in [0.1, 0.15) is 33.6 Å². The molecule has 0 saturated carbocycles. The summed E-state index contributed by atoms with van der Waals surface area (Å²) in [5, 5.41) is 2.57. The Bertz CT molecular complexity index is 339. The molecule has 2 atom stereocenters. The van der Waals surface area contributed by atoms with E-state index in [0.29, 0.717) is 6.42 Å². The van der Waals surface area contributed by atoms with Gasteiger partial charge >= 0.3 is 11.9 Å². The summed E-state index contributed by atoms with van der Waals surface area (Å²) >= 11 is 0. The number of hydrogen-bond acceptors (Lipinski definition) is 5. The Balaban J connectivity index is 2.58. The highest BCUT2D eigenvalue weighted by atomic mass is 16.6. The van der Waals surface area contributed by atoms with Crippen molar-refractivity contribution in [3.05, 3.63) is 0 Å². The van der Waals surface area contributed by atoms with E-state index < -0.39 is 24.0 Å². The maximum absolute atomic E-state index is 11.8. The SMILES string of the molecule is CCOC(=O)C(NC(=O)[C@H]1CCC(=O)O1)C(C)C. The largest absolute Gasteiger partial charge is 0.464 e. The third kappa shape index (κ3) is 3.72. The number of esters is 2. The summed E-state index contributed by atoms with van der Waals surface area (Å²) in [6.45, 7) is 5.58. The third-order valence-electron chi connectivity index (χ3n) is 2.68. The number of carbonyl (C=O) groups excluding carboxylic acids is 3. The number of hydrogen-bond donors (Lipinski definition) is 1. The fourth-order valence-electron chi connectivity index (χ4n) is 1.69. The van der Waals surface area contributed by atoms with Crippen LogP contribution in [0.3, 0.4) is 0 Å². The van der Waals surface area contributed by atoms with Crippen LogP contribution in [0.4, 0.5) is 0 Å². The van der Waals surface area contributed by atoms with Crippen LogP contribution in [0.5, 0.6) is 0 Å². The molecule has 1 aliphatic rings. The van der Waals surface area contributed by atoms with E-state index in [2.05, 4.69) is 5.32 Å². The van der Waals surface area contributed by atoms with E-state index in [1.165, 1.54) is 0 Å². The van der Waals surface area contributed by atoms with Crippen LogP contribution in [0.2, 0.25) is 0 Å². The Labute approximate surface area is 106 Å². The van der Waals surface area contributed by atoms with Gasteiger partial charge in [0.1, 0.15) is 6.04 Å². The molecule has 1 rings (SSSR count). The first-order valence-corrected chi connectivity index (χ1v) is 6.12. The molecule has 1 unspecified atom stereocenters. The lowest BCUT2D eigenvalue weighted by Gasteiger charge is -2.21. The van der Waals surface area contributed by atoms with Crippen LogP contribution >= 0.6 is 0 Å². The topological polar surface area (TPSA) is 81.7 Å². The minimum atomic E-state index is -0.784. The smallest absolute Gasteiger partial charge is 0.328 e. The second-order valence-corrected chi connectivity index (χ2v) is 4.50. The Morgan fingerprint density at radius 1 is 1.50 bits per heavy atom. The molecule has 6 nitrogen and oxygen atoms in total. The van der Waals surface area contributed by atoms with Crippen LogP contribution in [0.25, 0.3) is 0 Å². The van der Waals surface area contributed by atoms with Crippen LogP contribution in [0.15, 0.2) is 0 Å². The summed E-state index contributed by atoms with van der Waals surface area (Å²) in [4.78, 5) is 34.4. The van der Waals surface area contributed by atoms with E-state index in [4.69, 9.17) is 9.47 Å². The van der Waals surface area contributed by atoms with Gasteiger partial charge in [0, 0.05) is 12.8 Å². The van der Waals surface area contributed by atoms with Gasteiger partial charge in [-0.25, -0.2) is 4.79 Å². The molecule has 1 fully saturated rings. The zero-order valence-corrected chi connectivity index (χ0v) is 10.9. The molecule has 0 aliphatic carbocycles. The lowest BCUT2D eigenvalue weighted by molar-refractivity contribution is -0.152. The van der Waals surface area contributed by atoms with Gasteiger partial charge in [-0.1, -0.05) is 13.8 Å². The summed E-state index contributed by atoms with van der Waals surface area (Å²) in [6.07, 6.45) is -0.185. The Morgan fingerprint density at radius 3 is 2.61 bits per heavy atom. The molecule has 102 valence electrons. The Kier molecular flexibility index (Phi) is 5.12. The van der Waals surface area contributed by atoms with Crippen molar-refractivity contribution in [3.8, 4) is 0 Å². The molecule has 6 heteroatoms. The molecule has 0 aromatic rings. The molecule has 0 bridgehead atoms. The van der Waals surface area contributed by atoms with Crippen molar-refractivity contribution in [1.82, 2.24) is 5.32 Å². The van der Waals surface area contributed by atoms with Crippen LogP contribution in [-0.2, 0) is 23.9 Å². The quantitative estimate of drug-likeness (QED) is 0.721. The summed E-state index contributed by atoms with van der Waals surface area (Å²) in [5.74, 6) is -1.38. The lowest BCUT2D eigenvalue weighted by atomic mass is 10.0. The van der Waals surface area contributed by atoms with Gasteiger partial charge in [0.05, 0.1) is 6.61 Å². The first-order valence-electron chi connectivity index (χ1n) is 6.12. The van der Waals surface area contributed by atoms with Crippen molar-refractivity contribution < 1.29 is 23.9 Å². The molecule has 0 aromatic heterocycles. The van der Waals surface area contributed by atoms with E-state index in [9.17, 15) is 14.4 Å². The van der Waals surface area contributed by atoms with Crippen LogP contribution in [-0.4, -0.2) is 36.6 Å². The normalized spacial score (nSPS) is 20.4. The van der Waals surface area contributed by atoms with Crippen molar-refractivity contribution in [2.45, 2.75) is 45.8 Å². The van der Waals surface area contributed by atoms with Crippen LogP contribution < -0.4 is 5.32 Å². The molecular weight excluding hydrogens is 238 g/mol. The number of amides is 1. The fourth-order valence-corrected chi connectivity index (χ4v) is 1.69. The number of rotatable bonds is 5. The molecule has 0 radical (unpaired) electrons. The van der Waals surface area contributed by atoms with E-state index in [-0.39, 0.29) is 24.9 Å². The molecular formula is C12H19NO5. The van der Waals surface area contributed by atoms with Gasteiger partial charge < -0.3 is 14.8 Å². The second kappa shape index (κ2) is 6.37. The van der Waals surface area contributed by atoms with Gasteiger partial charge in [-0.2, -0.15) is 0 Å². The molecule has 1 amide bonds. The average molecular weight is 257 g/mol. The van der Waals surface area contributed by atoms with Crippen molar-refractivity contribution in [2.75, 3.05) is 6.61 Å². The standard InChI is InChI=1S/C12H19NO5/c1-4-17-12(16)10(7(2)3)13-11(15)8-5-6-9(14)18-8/h7-8,10H,4-6H2,1-3H3,(H,13,15)/t8-,10?/m1/s1. The molecule has 1 N–H and O–H groups in total. The fraction of sp³-hybridized carbons (Fsp3) is 0.750. The molecule has 1 aliphatic heterocycles. The summed E-state index contributed by atoms with van der Waals surface area (Å²) in [6, 6.07) is -0.711. The maximum atomic E-state index is 11.8. The second-order valence-electron chi connectivity index (χ2n) is 4.50. The molecule has 0 aromatic carbocycles. The number of nitrogens with one attached hydrogen (secondary N) is 1. The monoisotopic (exact) mass is 257 g/mol. The zero-order valence-electron chi connectivity index (χ0n) is 10.9. The summed E-state index contributed by atoms with van der Waals surface area (Å²) < 4.78 is 9.73. The highest BCUT2D eigenvalue weighted by molar-refractivity contribution is 5.90. The minimum absolute atomic E-state index is 0.0925. The molecule has 1 heterocycles. The molecule has 1 saturated heterocycles. The molecule has 18 heavy (non-hydrogen) atoms. The predicted octanol–water partition coefficient (Wildman–Crippen LogP) is 0.396. The Hall–Kier alpha value is -1.59. The van der Waals surface area contributed by atoms with E-state index in [1.54, 1.807) is 6.92 Å². The average Bonchev–Trinajstić information content (AvgIpc) is 2.72. The number of ether oxygens (including phenoxy) is 2. The van der Waals surface area contributed by atoms with Gasteiger partial charge in [-0.3, -0.25) is 9.59 Å². The van der Waals surface area contributed by atoms with Gasteiger partial charge in [0.25, 0.3) is 5.91 Å². The van der Waals surface area contributed by atoms with Gasteiger partial charge in [0.2, 0.25) is 0 Å². The van der Waals surface area contributed by atoms with Gasteiger partial charge in [-0.05, 0) is 12.8 Å².